The van der Waals surface area contributed by atoms with E-state index in [-0.39, 0.29) is 18.8 Å². The highest BCUT2D eigenvalue weighted by Crippen LogP contribution is 2.44. The van der Waals surface area contributed by atoms with Gasteiger partial charge in [-0.15, -0.1) is 0 Å². The van der Waals surface area contributed by atoms with Gasteiger partial charge in [0.05, 0.1) is 0 Å². The van der Waals surface area contributed by atoms with Crippen molar-refractivity contribution in [3.8, 4) is 0 Å². The summed E-state index contributed by atoms with van der Waals surface area (Å²) in [5.41, 5.74) is 2.72. The van der Waals surface area contributed by atoms with E-state index in [0.29, 0.717) is 5.17 Å². The van der Waals surface area contributed by atoms with E-state index in [1.165, 1.54) is 0 Å². The molecule has 0 radical (unpaired) electrons. The molecule has 1 saturated carbocycles. The Morgan fingerprint density at radius 1 is 1.32 bits per heavy atom. The first-order valence-electron chi connectivity index (χ1n) is 7.89. The average molecular weight is 330 g/mol. The number of hydrogen-bond acceptors (Lipinski definition) is 1. The van der Waals surface area contributed by atoms with Crippen LogP contribution in [0.15, 0.2) is 41.1 Å². The van der Waals surface area contributed by atoms with E-state index in [0.717, 1.165) is 48.9 Å². The van der Waals surface area contributed by atoms with Gasteiger partial charge in [-0.2, -0.15) is 0 Å². The fourth-order valence-corrected chi connectivity index (χ4v) is 2.79. The molecule has 0 saturated heterocycles. The predicted octanol–water partition coefficient (Wildman–Crippen LogP) is 6.66. The molecule has 1 rings (SSSR count). The van der Waals surface area contributed by atoms with Gasteiger partial charge >= 0.3 is 0 Å². The van der Waals surface area contributed by atoms with Gasteiger partial charge in [0, 0.05) is 18.5 Å². The maximum absolute atomic E-state index is 12.8. The maximum Gasteiger partial charge on any atom is 0.248 e. The summed E-state index contributed by atoms with van der Waals surface area (Å²) in [6.45, 7) is 11.9. The Bertz CT molecular complexity index is 465. The second-order valence-electron chi connectivity index (χ2n) is 6.15. The van der Waals surface area contributed by atoms with Crippen molar-refractivity contribution in [2.75, 3.05) is 0 Å². The SMILES string of the molecule is C=C(/C=C(/CCCC1CC(F)(F)C1)N=C(C)Cl)C(=C)CCC. The van der Waals surface area contributed by atoms with Gasteiger partial charge in [0.25, 0.3) is 0 Å². The van der Waals surface area contributed by atoms with Gasteiger partial charge in [0.1, 0.15) is 5.17 Å². The number of rotatable bonds is 9. The number of alkyl halides is 2. The lowest BCUT2D eigenvalue weighted by molar-refractivity contribution is -0.112. The average Bonchev–Trinajstić information content (AvgIpc) is 2.35. The Morgan fingerprint density at radius 3 is 2.45 bits per heavy atom. The van der Waals surface area contributed by atoms with Crippen LogP contribution >= 0.6 is 11.6 Å². The minimum atomic E-state index is -2.43. The Morgan fingerprint density at radius 2 is 1.95 bits per heavy atom. The minimum absolute atomic E-state index is 0.0316. The molecule has 1 aliphatic rings. The van der Waals surface area contributed by atoms with Gasteiger partial charge in [-0.3, -0.25) is 0 Å². The number of allylic oxidation sites excluding steroid dienone is 4. The fourth-order valence-electron chi connectivity index (χ4n) is 2.68. The topological polar surface area (TPSA) is 12.4 Å². The highest BCUT2D eigenvalue weighted by atomic mass is 35.5. The van der Waals surface area contributed by atoms with Crippen LogP contribution in [0.1, 0.15) is 58.8 Å². The Hall–Kier alpha value is -0.960. The Kier molecular flexibility index (Phi) is 7.47. The molecule has 4 heteroatoms. The number of hydrogen-bond donors (Lipinski definition) is 0. The molecule has 22 heavy (non-hydrogen) atoms. The van der Waals surface area contributed by atoms with Crippen LogP contribution in [0.2, 0.25) is 0 Å². The van der Waals surface area contributed by atoms with Crippen molar-refractivity contribution >= 4 is 16.8 Å². The molecule has 1 aliphatic carbocycles. The van der Waals surface area contributed by atoms with E-state index in [4.69, 9.17) is 11.6 Å². The van der Waals surface area contributed by atoms with E-state index < -0.39 is 5.92 Å². The third-order valence-electron chi connectivity index (χ3n) is 3.86. The normalized spacial score (nSPS) is 19.0. The third-order valence-corrected chi connectivity index (χ3v) is 3.95. The Labute approximate surface area is 137 Å². The van der Waals surface area contributed by atoms with E-state index in [9.17, 15) is 8.78 Å². The lowest BCUT2D eigenvalue weighted by Crippen LogP contribution is -2.35. The molecule has 0 heterocycles. The summed E-state index contributed by atoms with van der Waals surface area (Å²) in [5, 5.41) is 0.468. The van der Waals surface area contributed by atoms with Gasteiger partial charge in [-0.05, 0) is 55.7 Å². The monoisotopic (exact) mass is 329 g/mol. The van der Waals surface area contributed by atoms with Crippen LogP contribution in [0.5, 0.6) is 0 Å². The number of nitrogens with zero attached hydrogens (tertiary/aromatic N) is 1. The smallest absolute Gasteiger partial charge is 0.246 e. The fraction of sp³-hybridized carbons (Fsp3) is 0.611. The zero-order valence-corrected chi connectivity index (χ0v) is 14.4. The molecule has 0 spiro atoms. The molecule has 0 aromatic carbocycles. The largest absolute Gasteiger partial charge is 0.248 e. The first kappa shape index (κ1) is 19.1. The van der Waals surface area contributed by atoms with Crippen LogP contribution in [0.3, 0.4) is 0 Å². The molecule has 0 aliphatic heterocycles. The Balaban J connectivity index is 2.52. The van der Waals surface area contributed by atoms with Crippen LogP contribution in [0.25, 0.3) is 0 Å². The number of halogens is 3. The molecule has 0 bridgehead atoms. The second kappa shape index (κ2) is 8.61. The van der Waals surface area contributed by atoms with E-state index in [1.54, 1.807) is 6.92 Å². The van der Waals surface area contributed by atoms with E-state index in [1.807, 2.05) is 6.08 Å². The van der Waals surface area contributed by atoms with Crippen molar-refractivity contribution in [2.24, 2.45) is 10.9 Å². The lowest BCUT2D eigenvalue weighted by atomic mass is 9.78. The summed E-state index contributed by atoms with van der Waals surface area (Å²) >= 11 is 5.87. The zero-order valence-electron chi connectivity index (χ0n) is 13.6. The quantitative estimate of drug-likeness (QED) is 0.331. The molecular weight excluding hydrogens is 304 g/mol. The molecule has 0 aromatic heterocycles. The van der Waals surface area contributed by atoms with Crippen molar-refractivity contribution in [3.63, 3.8) is 0 Å². The maximum atomic E-state index is 12.8. The second-order valence-corrected chi connectivity index (χ2v) is 6.69. The van der Waals surface area contributed by atoms with Crippen molar-refractivity contribution in [3.05, 3.63) is 36.1 Å². The van der Waals surface area contributed by atoms with Crippen molar-refractivity contribution in [1.29, 1.82) is 0 Å². The van der Waals surface area contributed by atoms with Crippen molar-refractivity contribution in [2.45, 2.75) is 64.7 Å². The molecule has 0 atom stereocenters. The van der Waals surface area contributed by atoms with Crippen molar-refractivity contribution < 1.29 is 8.78 Å². The standard InChI is InChI=1S/C18H26ClF2N/c1-5-7-13(2)14(3)10-17(22-15(4)19)9-6-8-16-11-18(20,21)12-16/h10,16H,2-3,5-9,11-12H2,1,4H3/b17-10-,22-15?. The summed E-state index contributed by atoms with van der Waals surface area (Å²) in [4.78, 5) is 4.32. The number of aliphatic imine (C=N–C) groups is 1. The minimum Gasteiger partial charge on any atom is -0.246 e. The lowest BCUT2D eigenvalue weighted by Gasteiger charge is -2.34. The molecule has 1 nitrogen and oxygen atoms in total. The van der Waals surface area contributed by atoms with Crippen LogP contribution in [-0.4, -0.2) is 11.1 Å². The zero-order chi connectivity index (χ0) is 16.8. The molecule has 1 fully saturated rings. The van der Waals surface area contributed by atoms with Crippen LogP contribution in [0.4, 0.5) is 8.78 Å². The first-order chi connectivity index (χ1) is 10.2. The van der Waals surface area contributed by atoms with Gasteiger partial charge in [-0.25, -0.2) is 13.8 Å². The van der Waals surface area contributed by atoms with Crippen LogP contribution in [0, 0.1) is 5.92 Å². The molecule has 0 unspecified atom stereocenters. The summed E-state index contributed by atoms with van der Waals surface area (Å²) in [6, 6.07) is 0. The van der Waals surface area contributed by atoms with Gasteiger partial charge in [-0.1, -0.05) is 38.1 Å². The summed E-state index contributed by atoms with van der Waals surface area (Å²) < 4.78 is 25.6. The van der Waals surface area contributed by atoms with Gasteiger partial charge in [0.15, 0.2) is 0 Å². The van der Waals surface area contributed by atoms with Crippen LogP contribution < -0.4 is 0 Å². The highest BCUT2D eigenvalue weighted by Gasteiger charge is 2.44. The summed E-state index contributed by atoms with van der Waals surface area (Å²) in [5.74, 6) is -2.28. The summed E-state index contributed by atoms with van der Waals surface area (Å²) in [6.07, 6.45) is 6.29. The molecule has 0 aromatic rings. The van der Waals surface area contributed by atoms with E-state index >= 15 is 0 Å². The highest BCUT2D eigenvalue weighted by molar-refractivity contribution is 6.64. The molecule has 0 amide bonds. The molecular formula is C18H26ClF2N. The van der Waals surface area contributed by atoms with Crippen LogP contribution in [-0.2, 0) is 0 Å². The van der Waals surface area contributed by atoms with Gasteiger partial charge < -0.3 is 0 Å². The van der Waals surface area contributed by atoms with Gasteiger partial charge in [0.2, 0.25) is 5.92 Å². The summed E-state index contributed by atoms with van der Waals surface area (Å²) in [7, 11) is 0. The molecule has 124 valence electrons. The van der Waals surface area contributed by atoms with E-state index in [2.05, 4.69) is 25.1 Å². The molecule has 0 N–H and O–H groups in total. The third kappa shape index (κ3) is 6.87. The van der Waals surface area contributed by atoms with Crippen molar-refractivity contribution in [1.82, 2.24) is 0 Å². The first-order valence-corrected chi connectivity index (χ1v) is 8.27. The predicted molar refractivity (Wildman–Crippen MR) is 91.8 cm³/mol.